The molecule has 0 spiro atoms. The molecular weight excluding hydrogens is 140 g/mol. The molecule has 1 nitrogen and oxygen atoms in total. The highest BCUT2D eigenvalue weighted by Gasteiger charge is 1.90. The van der Waals surface area contributed by atoms with Crippen LogP contribution in [0.1, 0.15) is 0 Å². The maximum Gasteiger partial charge on any atom is 0.170 e. The van der Waals surface area contributed by atoms with Crippen molar-refractivity contribution in [2.45, 2.75) is 5.09 Å². The molecule has 0 bridgehead atoms. The fourth-order valence-electron chi connectivity index (χ4n) is 0.393. The van der Waals surface area contributed by atoms with Gasteiger partial charge in [-0.3, -0.25) is 0 Å². The average molecular weight is 146 g/mol. The lowest BCUT2D eigenvalue weighted by Crippen LogP contribution is -1.49. The minimum Gasteiger partial charge on any atom is -0.457 e. The molecule has 0 aliphatic rings. The summed E-state index contributed by atoms with van der Waals surface area (Å²) in [7, 11) is 3.31. The minimum atomic E-state index is 0.970. The second-order valence-corrected chi connectivity index (χ2v) is 3.58. The smallest absolute Gasteiger partial charge is 0.170 e. The predicted octanol–water partition coefficient (Wildman–Crippen LogP) is 2.65. The molecular formula is C5H6OS2. The zero-order valence-electron chi connectivity index (χ0n) is 4.46. The highest BCUT2D eigenvalue weighted by molar-refractivity contribution is 8.76. The second-order valence-electron chi connectivity index (χ2n) is 1.18. The monoisotopic (exact) mass is 146 g/mol. The Morgan fingerprint density at radius 3 is 3.00 bits per heavy atom. The first kappa shape index (κ1) is 6.11. The molecule has 8 heavy (non-hydrogen) atoms. The standard InChI is InChI=1S/C5H6OS2/c1-7-8-5-3-2-4-6-5/h2-4H,1H3. The normalized spacial score (nSPS) is 9.62. The number of hydrogen-bond donors (Lipinski definition) is 0. The zero-order chi connectivity index (χ0) is 5.82. The Labute approximate surface area is 56.2 Å². The molecule has 3 heteroatoms. The first-order chi connectivity index (χ1) is 3.93. The van der Waals surface area contributed by atoms with Gasteiger partial charge in [0, 0.05) is 0 Å². The van der Waals surface area contributed by atoms with E-state index in [1.165, 1.54) is 0 Å². The lowest BCUT2D eigenvalue weighted by Gasteiger charge is -1.84. The molecule has 0 radical (unpaired) electrons. The van der Waals surface area contributed by atoms with Gasteiger partial charge in [0.2, 0.25) is 0 Å². The summed E-state index contributed by atoms with van der Waals surface area (Å²) < 4.78 is 5.02. The van der Waals surface area contributed by atoms with Crippen LogP contribution in [0.25, 0.3) is 0 Å². The molecule has 0 atom stereocenters. The molecule has 1 rings (SSSR count). The number of rotatable bonds is 2. The Kier molecular flexibility index (Phi) is 2.36. The van der Waals surface area contributed by atoms with Crippen LogP contribution in [0.4, 0.5) is 0 Å². The Hall–Kier alpha value is -0.0200. The Bertz CT molecular complexity index is 136. The van der Waals surface area contributed by atoms with Crippen LogP contribution in [0, 0.1) is 0 Å². The van der Waals surface area contributed by atoms with Crippen LogP contribution in [0.15, 0.2) is 27.9 Å². The van der Waals surface area contributed by atoms with Crippen LogP contribution in [-0.4, -0.2) is 6.26 Å². The van der Waals surface area contributed by atoms with Crippen LogP contribution in [0.2, 0.25) is 0 Å². The SMILES string of the molecule is CSSc1ccco1. The van der Waals surface area contributed by atoms with Gasteiger partial charge in [-0.15, -0.1) is 0 Å². The van der Waals surface area contributed by atoms with E-state index >= 15 is 0 Å². The Morgan fingerprint density at radius 2 is 2.50 bits per heavy atom. The van der Waals surface area contributed by atoms with Gasteiger partial charge in [0.15, 0.2) is 5.09 Å². The molecule has 0 aromatic carbocycles. The van der Waals surface area contributed by atoms with Crippen LogP contribution in [0.3, 0.4) is 0 Å². The number of furan rings is 1. The summed E-state index contributed by atoms with van der Waals surface area (Å²) in [6, 6.07) is 3.83. The first-order valence-corrected chi connectivity index (χ1v) is 4.73. The molecule has 0 amide bonds. The third-order valence-corrected chi connectivity index (χ3v) is 2.22. The van der Waals surface area contributed by atoms with Gasteiger partial charge in [0.25, 0.3) is 0 Å². The summed E-state index contributed by atoms with van der Waals surface area (Å²) in [6.07, 6.45) is 3.70. The fourth-order valence-corrected chi connectivity index (χ4v) is 1.56. The average Bonchev–Trinajstić information content (AvgIpc) is 2.19. The highest BCUT2D eigenvalue weighted by Crippen LogP contribution is 2.27. The van der Waals surface area contributed by atoms with Crippen molar-refractivity contribution < 1.29 is 4.42 Å². The topological polar surface area (TPSA) is 13.1 Å². The van der Waals surface area contributed by atoms with Crippen molar-refractivity contribution in [1.82, 2.24) is 0 Å². The van der Waals surface area contributed by atoms with Crippen LogP contribution in [0.5, 0.6) is 0 Å². The summed E-state index contributed by atoms with van der Waals surface area (Å²) in [5.74, 6) is 0. The maximum atomic E-state index is 5.02. The van der Waals surface area contributed by atoms with Crippen molar-refractivity contribution in [2.75, 3.05) is 6.26 Å². The summed E-state index contributed by atoms with van der Waals surface area (Å²) in [4.78, 5) is 0. The van der Waals surface area contributed by atoms with Gasteiger partial charge in [-0.25, -0.2) is 0 Å². The van der Waals surface area contributed by atoms with Gasteiger partial charge >= 0.3 is 0 Å². The lowest BCUT2D eigenvalue weighted by molar-refractivity contribution is 0.476. The summed E-state index contributed by atoms with van der Waals surface area (Å²) in [6.45, 7) is 0. The van der Waals surface area contributed by atoms with E-state index in [1.54, 1.807) is 27.9 Å². The molecule has 0 fully saturated rings. The molecule has 44 valence electrons. The van der Waals surface area contributed by atoms with E-state index < -0.39 is 0 Å². The molecule has 0 unspecified atom stereocenters. The second kappa shape index (κ2) is 3.10. The predicted molar refractivity (Wildman–Crippen MR) is 38.1 cm³/mol. The lowest BCUT2D eigenvalue weighted by atomic mass is 10.7. The number of hydrogen-bond acceptors (Lipinski definition) is 3. The van der Waals surface area contributed by atoms with Gasteiger partial charge in [-0.2, -0.15) is 0 Å². The van der Waals surface area contributed by atoms with E-state index in [2.05, 4.69) is 0 Å². The van der Waals surface area contributed by atoms with Gasteiger partial charge in [0.05, 0.1) is 6.26 Å². The summed E-state index contributed by atoms with van der Waals surface area (Å²) >= 11 is 0. The molecule has 0 saturated carbocycles. The molecule has 1 aromatic rings. The molecule has 0 N–H and O–H groups in total. The third kappa shape index (κ3) is 1.49. The van der Waals surface area contributed by atoms with E-state index in [0.29, 0.717) is 0 Å². The van der Waals surface area contributed by atoms with Crippen molar-refractivity contribution >= 4 is 21.6 Å². The quantitative estimate of drug-likeness (QED) is 0.595. The third-order valence-electron chi connectivity index (χ3n) is 0.661. The van der Waals surface area contributed by atoms with Crippen LogP contribution < -0.4 is 0 Å². The largest absolute Gasteiger partial charge is 0.457 e. The van der Waals surface area contributed by atoms with Crippen molar-refractivity contribution in [3.63, 3.8) is 0 Å². The zero-order valence-corrected chi connectivity index (χ0v) is 6.09. The molecule has 0 aliphatic heterocycles. The summed E-state index contributed by atoms with van der Waals surface area (Å²) in [5, 5.41) is 0.970. The minimum absolute atomic E-state index is 0.970. The van der Waals surface area contributed by atoms with E-state index in [0.717, 1.165) is 5.09 Å². The van der Waals surface area contributed by atoms with E-state index in [1.807, 2.05) is 18.4 Å². The molecule has 0 saturated heterocycles. The fraction of sp³-hybridized carbons (Fsp3) is 0.200. The van der Waals surface area contributed by atoms with Gasteiger partial charge in [-0.1, -0.05) is 10.8 Å². The van der Waals surface area contributed by atoms with Gasteiger partial charge in [0.1, 0.15) is 0 Å². The highest BCUT2D eigenvalue weighted by atomic mass is 33.1. The Balaban J connectivity index is 2.50. The Morgan fingerprint density at radius 1 is 1.62 bits per heavy atom. The van der Waals surface area contributed by atoms with Crippen molar-refractivity contribution in [3.05, 3.63) is 18.4 Å². The van der Waals surface area contributed by atoms with Crippen molar-refractivity contribution in [1.29, 1.82) is 0 Å². The van der Waals surface area contributed by atoms with Crippen LogP contribution >= 0.6 is 21.6 Å². The van der Waals surface area contributed by atoms with Crippen molar-refractivity contribution in [2.24, 2.45) is 0 Å². The summed E-state index contributed by atoms with van der Waals surface area (Å²) in [5.41, 5.74) is 0. The first-order valence-electron chi connectivity index (χ1n) is 2.17. The van der Waals surface area contributed by atoms with Crippen molar-refractivity contribution in [3.8, 4) is 0 Å². The molecule has 1 heterocycles. The maximum absolute atomic E-state index is 5.02. The molecule has 1 aromatic heterocycles. The van der Waals surface area contributed by atoms with E-state index in [-0.39, 0.29) is 0 Å². The molecule has 0 aliphatic carbocycles. The van der Waals surface area contributed by atoms with E-state index in [4.69, 9.17) is 4.42 Å². The van der Waals surface area contributed by atoms with E-state index in [9.17, 15) is 0 Å². The van der Waals surface area contributed by atoms with Gasteiger partial charge < -0.3 is 4.42 Å². The van der Waals surface area contributed by atoms with Gasteiger partial charge in [-0.05, 0) is 29.2 Å². The van der Waals surface area contributed by atoms with Crippen LogP contribution in [-0.2, 0) is 0 Å².